The van der Waals surface area contributed by atoms with E-state index in [1.807, 2.05) is 18.7 Å². The van der Waals surface area contributed by atoms with Crippen LogP contribution in [-0.4, -0.2) is 32.8 Å². The number of hydrogen-bond acceptors (Lipinski definition) is 3. The van der Waals surface area contributed by atoms with Crippen LogP contribution >= 0.6 is 0 Å². The SMILES string of the molecule is Cc1nc(-c2cccc(C(C)N3CCCC3)c2)n(C)n1. The third kappa shape index (κ3) is 2.48. The molecule has 4 heteroatoms. The number of aromatic nitrogens is 3. The Kier molecular flexibility index (Phi) is 3.57. The molecular weight excluding hydrogens is 248 g/mol. The van der Waals surface area contributed by atoms with Crippen LogP contribution in [0, 0.1) is 6.92 Å². The Morgan fingerprint density at radius 1 is 1.20 bits per heavy atom. The van der Waals surface area contributed by atoms with Crippen molar-refractivity contribution >= 4 is 0 Å². The predicted molar refractivity (Wildman–Crippen MR) is 80.4 cm³/mol. The summed E-state index contributed by atoms with van der Waals surface area (Å²) >= 11 is 0. The van der Waals surface area contributed by atoms with E-state index in [-0.39, 0.29) is 0 Å². The van der Waals surface area contributed by atoms with Crippen molar-refractivity contribution < 1.29 is 0 Å². The summed E-state index contributed by atoms with van der Waals surface area (Å²) in [6.45, 7) is 6.66. The van der Waals surface area contributed by atoms with E-state index in [9.17, 15) is 0 Å². The highest BCUT2D eigenvalue weighted by Crippen LogP contribution is 2.27. The molecule has 0 spiro atoms. The zero-order chi connectivity index (χ0) is 14.1. The first-order chi connectivity index (χ1) is 9.65. The van der Waals surface area contributed by atoms with Crippen LogP contribution < -0.4 is 0 Å². The zero-order valence-electron chi connectivity index (χ0n) is 12.5. The lowest BCUT2D eigenvalue weighted by Gasteiger charge is -2.24. The Morgan fingerprint density at radius 3 is 2.60 bits per heavy atom. The average Bonchev–Trinajstić information content (AvgIpc) is 3.08. The number of hydrogen-bond donors (Lipinski definition) is 0. The van der Waals surface area contributed by atoms with Crippen LogP contribution in [0.4, 0.5) is 0 Å². The second-order valence-electron chi connectivity index (χ2n) is 5.65. The van der Waals surface area contributed by atoms with Crippen molar-refractivity contribution in [2.24, 2.45) is 7.05 Å². The molecule has 1 saturated heterocycles. The van der Waals surface area contributed by atoms with Gasteiger partial charge in [-0.3, -0.25) is 4.90 Å². The third-order valence-corrected chi connectivity index (χ3v) is 4.18. The molecule has 4 nitrogen and oxygen atoms in total. The normalized spacial score (nSPS) is 17.6. The second-order valence-corrected chi connectivity index (χ2v) is 5.65. The number of aryl methyl sites for hydroxylation is 2. The van der Waals surface area contributed by atoms with E-state index in [1.165, 1.54) is 31.5 Å². The molecule has 1 atom stereocenters. The summed E-state index contributed by atoms with van der Waals surface area (Å²) in [4.78, 5) is 7.07. The Morgan fingerprint density at radius 2 is 1.95 bits per heavy atom. The van der Waals surface area contributed by atoms with Crippen LogP contribution in [0.25, 0.3) is 11.4 Å². The Hall–Kier alpha value is -1.68. The predicted octanol–water partition coefficient (Wildman–Crippen LogP) is 2.95. The molecule has 1 aliphatic rings. The van der Waals surface area contributed by atoms with E-state index in [4.69, 9.17) is 0 Å². The van der Waals surface area contributed by atoms with E-state index in [2.05, 4.69) is 46.2 Å². The molecule has 2 heterocycles. The molecule has 0 amide bonds. The van der Waals surface area contributed by atoms with Crippen LogP contribution in [0.2, 0.25) is 0 Å². The number of benzene rings is 1. The maximum Gasteiger partial charge on any atom is 0.158 e. The molecule has 0 bridgehead atoms. The van der Waals surface area contributed by atoms with Gasteiger partial charge in [0.05, 0.1) is 0 Å². The zero-order valence-corrected chi connectivity index (χ0v) is 12.5. The lowest BCUT2D eigenvalue weighted by molar-refractivity contribution is 0.263. The van der Waals surface area contributed by atoms with Gasteiger partial charge in [0.25, 0.3) is 0 Å². The third-order valence-electron chi connectivity index (χ3n) is 4.18. The Labute approximate surface area is 120 Å². The summed E-state index contributed by atoms with van der Waals surface area (Å²) in [5.74, 6) is 1.76. The van der Waals surface area contributed by atoms with Crippen LogP contribution in [0.1, 0.15) is 37.2 Å². The van der Waals surface area contributed by atoms with Gasteiger partial charge < -0.3 is 0 Å². The summed E-state index contributed by atoms with van der Waals surface area (Å²) in [5.41, 5.74) is 2.52. The fourth-order valence-corrected chi connectivity index (χ4v) is 3.04. The van der Waals surface area contributed by atoms with Crippen molar-refractivity contribution in [3.63, 3.8) is 0 Å². The first-order valence-corrected chi connectivity index (χ1v) is 7.37. The number of rotatable bonds is 3. The van der Waals surface area contributed by atoms with Gasteiger partial charge in [-0.25, -0.2) is 9.67 Å². The van der Waals surface area contributed by atoms with Gasteiger partial charge in [-0.05, 0) is 51.4 Å². The van der Waals surface area contributed by atoms with Crippen molar-refractivity contribution in [1.29, 1.82) is 0 Å². The molecule has 3 rings (SSSR count). The molecular formula is C16H22N4. The van der Waals surface area contributed by atoms with Crippen LogP contribution in [0.5, 0.6) is 0 Å². The van der Waals surface area contributed by atoms with Crippen LogP contribution in [-0.2, 0) is 7.05 Å². The van der Waals surface area contributed by atoms with Gasteiger partial charge in [0.2, 0.25) is 0 Å². The molecule has 20 heavy (non-hydrogen) atoms. The first-order valence-electron chi connectivity index (χ1n) is 7.37. The molecule has 2 aromatic rings. The highest BCUT2D eigenvalue weighted by atomic mass is 15.3. The van der Waals surface area contributed by atoms with Gasteiger partial charge in [-0.1, -0.05) is 18.2 Å². The molecule has 1 fully saturated rings. The van der Waals surface area contributed by atoms with Crippen molar-refractivity contribution in [3.05, 3.63) is 35.7 Å². The molecule has 0 aliphatic carbocycles. The minimum Gasteiger partial charge on any atom is -0.297 e. The maximum atomic E-state index is 4.52. The topological polar surface area (TPSA) is 34.0 Å². The molecule has 0 N–H and O–H groups in total. The van der Waals surface area contributed by atoms with E-state index < -0.39 is 0 Å². The summed E-state index contributed by atoms with van der Waals surface area (Å²) in [6.07, 6.45) is 2.65. The largest absolute Gasteiger partial charge is 0.297 e. The van der Waals surface area contributed by atoms with Crippen molar-refractivity contribution in [2.75, 3.05) is 13.1 Å². The van der Waals surface area contributed by atoms with Gasteiger partial charge in [0.15, 0.2) is 5.82 Å². The smallest absolute Gasteiger partial charge is 0.158 e. The first kappa shape index (κ1) is 13.3. The summed E-state index contributed by atoms with van der Waals surface area (Å²) in [5, 5.41) is 4.33. The summed E-state index contributed by atoms with van der Waals surface area (Å²) < 4.78 is 1.86. The van der Waals surface area contributed by atoms with Crippen molar-refractivity contribution in [3.8, 4) is 11.4 Å². The molecule has 1 aliphatic heterocycles. The van der Waals surface area contributed by atoms with Crippen LogP contribution in [0.15, 0.2) is 24.3 Å². The summed E-state index contributed by atoms with van der Waals surface area (Å²) in [6, 6.07) is 9.19. The van der Waals surface area contributed by atoms with Crippen molar-refractivity contribution in [1.82, 2.24) is 19.7 Å². The van der Waals surface area contributed by atoms with E-state index in [0.29, 0.717) is 6.04 Å². The Bertz CT molecular complexity index is 596. The Balaban J connectivity index is 1.91. The molecule has 0 saturated carbocycles. The van der Waals surface area contributed by atoms with E-state index in [1.54, 1.807) is 0 Å². The summed E-state index contributed by atoms with van der Waals surface area (Å²) in [7, 11) is 1.95. The van der Waals surface area contributed by atoms with E-state index in [0.717, 1.165) is 17.2 Å². The minimum absolute atomic E-state index is 0.478. The lowest BCUT2D eigenvalue weighted by atomic mass is 10.0. The standard InChI is InChI=1S/C16H22N4/c1-12(20-9-4-5-10-20)14-7-6-8-15(11-14)16-17-13(2)18-19(16)3/h6-8,11-12H,4-5,9-10H2,1-3H3. The average molecular weight is 270 g/mol. The van der Waals surface area contributed by atoms with Gasteiger partial charge in [-0.15, -0.1) is 0 Å². The highest BCUT2D eigenvalue weighted by molar-refractivity contribution is 5.56. The fraction of sp³-hybridized carbons (Fsp3) is 0.500. The van der Waals surface area contributed by atoms with Crippen LogP contribution in [0.3, 0.4) is 0 Å². The molecule has 1 unspecified atom stereocenters. The molecule has 0 radical (unpaired) electrons. The second kappa shape index (κ2) is 5.37. The lowest BCUT2D eigenvalue weighted by Crippen LogP contribution is -2.23. The van der Waals surface area contributed by atoms with Crippen molar-refractivity contribution in [2.45, 2.75) is 32.7 Å². The molecule has 1 aromatic carbocycles. The van der Waals surface area contributed by atoms with Gasteiger partial charge in [0.1, 0.15) is 5.82 Å². The maximum absolute atomic E-state index is 4.52. The van der Waals surface area contributed by atoms with Gasteiger partial charge in [-0.2, -0.15) is 5.10 Å². The van der Waals surface area contributed by atoms with Gasteiger partial charge >= 0.3 is 0 Å². The van der Waals surface area contributed by atoms with Gasteiger partial charge in [0, 0.05) is 18.7 Å². The number of likely N-dealkylation sites (tertiary alicyclic amines) is 1. The fourth-order valence-electron chi connectivity index (χ4n) is 3.04. The van der Waals surface area contributed by atoms with E-state index >= 15 is 0 Å². The highest BCUT2D eigenvalue weighted by Gasteiger charge is 2.20. The molecule has 1 aromatic heterocycles. The minimum atomic E-state index is 0.478. The molecule has 106 valence electrons. The number of nitrogens with zero attached hydrogens (tertiary/aromatic N) is 4. The monoisotopic (exact) mass is 270 g/mol. The quantitative estimate of drug-likeness (QED) is 0.860.